The van der Waals surface area contributed by atoms with E-state index in [4.69, 9.17) is 0 Å². The molecule has 1 N–H and O–H groups in total. The summed E-state index contributed by atoms with van der Waals surface area (Å²) in [5.41, 5.74) is 1.01. The van der Waals surface area contributed by atoms with Gasteiger partial charge in [-0.15, -0.1) is 0 Å². The summed E-state index contributed by atoms with van der Waals surface area (Å²) in [6.07, 6.45) is 7.57. The molecule has 2 heterocycles. The number of nitrogens with one attached hydrogen (secondary N) is 1. The van der Waals surface area contributed by atoms with Crippen LogP contribution in [0.3, 0.4) is 0 Å². The minimum absolute atomic E-state index is 0.663. The van der Waals surface area contributed by atoms with Gasteiger partial charge in [-0.3, -0.25) is 4.21 Å². The number of allylic oxidation sites excluding steroid dienone is 2. The van der Waals surface area contributed by atoms with Crippen LogP contribution >= 0.6 is 0 Å². The zero-order valence-corrected chi connectivity index (χ0v) is 6.15. The molecular weight excluding hydrogens is 146 g/mol. The summed E-state index contributed by atoms with van der Waals surface area (Å²) in [4.78, 5) is 0.933. The predicted molar refractivity (Wildman–Crippen MR) is 41.5 cm³/mol. The van der Waals surface area contributed by atoms with Gasteiger partial charge in [0.15, 0.2) is 0 Å². The molecule has 0 aromatic rings. The van der Waals surface area contributed by atoms with Gasteiger partial charge in [0.05, 0.1) is 21.4 Å². The molecular formula is C7H7NOS. The fraction of sp³-hybridized carbons (Fsp3) is 0.143. The maximum Gasteiger partial charge on any atom is 0.0623 e. The highest BCUT2D eigenvalue weighted by Crippen LogP contribution is 2.21. The molecule has 0 saturated carbocycles. The maximum atomic E-state index is 11.1. The van der Waals surface area contributed by atoms with Crippen molar-refractivity contribution in [2.24, 2.45) is 0 Å². The van der Waals surface area contributed by atoms with Crippen molar-refractivity contribution in [3.8, 4) is 0 Å². The van der Waals surface area contributed by atoms with Crippen molar-refractivity contribution in [1.82, 2.24) is 5.32 Å². The lowest BCUT2D eigenvalue weighted by atomic mass is 10.3. The normalized spacial score (nSPS) is 28.6. The lowest BCUT2D eigenvalue weighted by Gasteiger charge is -2.06. The molecule has 0 saturated heterocycles. The number of dihydropyridines is 1. The Hall–Kier alpha value is -0.830. The third-order valence-corrected chi connectivity index (χ3v) is 2.85. The SMILES string of the molecule is O=S1CC=C2NC=CC=C21. The molecule has 2 nitrogen and oxygen atoms in total. The minimum Gasteiger partial charge on any atom is -0.361 e. The van der Waals surface area contributed by atoms with Gasteiger partial charge < -0.3 is 5.32 Å². The Morgan fingerprint density at radius 2 is 2.50 bits per heavy atom. The van der Waals surface area contributed by atoms with E-state index in [0.29, 0.717) is 5.75 Å². The van der Waals surface area contributed by atoms with Gasteiger partial charge in [-0.1, -0.05) is 0 Å². The molecule has 0 bridgehead atoms. The van der Waals surface area contributed by atoms with Crippen LogP contribution in [-0.2, 0) is 10.8 Å². The van der Waals surface area contributed by atoms with Gasteiger partial charge in [0.1, 0.15) is 0 Å². The van der Waals surface area contributed by atoms with Crippen LogP contribution in [0.4, 0.5) is 0 Å². The molecule has 0 fully saturated rings. The van der Waals surface area contributed by atoms with Gasteiger partial charge in [0.2, 0.25) is 0 Å². The largest absolute Gasteiger partial charge is 0.361 e. The topological polar surface area (TPSA) is 29.1 Å². The van der Waals surface area contributed by atoms with Gasteiger partial charge in [0.25, 0.3) is 0 Å². The fourth-order valence-electron chi connectivity index (χ4n) is 1.04. The van der Waals surface area contributed by atoms with Crippen molar-refractivity contribution < 1.29 is 4.21 Å². The van der Waals surface area contributed by atoms with E-state index in [1.165, 1.54) is 0 Å². The third kappa shape index (κ3) is 0.743. The molecule has 0 radical (unpaired) electrons. The summed E-state index contributed by atoms with van der Waals surface area (Å²) in [6, 6.07) is 0. The number of fused-ring (bicyclic) bond motifs is 1. The van der Waals surface area contributed by atoms with E-state index in [9.17, 15) is 4.21 Å². The van der Waals surface area contributed by atoms with E-state index in [-0.39, 0.29) is 0 Å². The lowest BCUT2D eigenvalue weighted by molar-refractivity contribution is 0.689. The zero-order valence-electron chi connectivity index (χ0n) is 5.33. The first-order chi connectivity index (χ1) is 4.88. The van der Waals surface area contributed by atoms with Crippen molar-refractivity contribution >= 4 is 10.8 Å². The van der Waals surface area contributed by atoms with Crippen LogP contribution in [0.1, 0.15) is 0 Å². The summed E-state index contributed by atoms with van der Waals surface area (Å²) in [5.74, 6) is 0.663. The highest BCUT2D eigenvalue weighted by atomic mass is 32.2. The molecule has 52 valence electrons. The van der Waals surface area contributed by atoms with Crippen molar-refractivity contribution in [2.75, 3.05) is 5.75 Å². The zero-order chi connectivity index (χ0) is 6.97. The van der Waals surface area contributed by atoms with Crippen LogP contribution in [0, 0.1) is 0 Å². The molecule has 2 aliphatic rings. The Morgan fingerprint density at radius 3 is 3.30 bits per heavy atom. The quantitative estimate of drug-likeness (QED) is 0.553. The Kier molecular flexibility index (Phi) is 1.24. The first kappa shape index (κ1) is 5.92. The van der Waals surface area contributed by atoms with Crippen LogP contribution in [0.15, 0.2) is 35.0 Å². The first-order valence-electron chi connectivity index (χ1n) is 3.10. The Labute approximate surface area is 61.8 Å². The molecule has 3 heteroatoms. The van der Waals surface area contributed by atoms with Gasteiger partial charge in [-0.2, -0.15) is 0 Å². The van der Waals surface area contributed by atoms with Gasteiger partial charge in [-0.25, -0.2) is 0 Å². The summed E-state index contributed by atoms with van der Waals surface area (Å²) in [7, 11) is -0.785. The van der Waals surface area contributed by atoms with Crippen LogP contribution in [0.25, 0.3) is 0 Å². The molecule has 0 aromatic heterocycles. The van der Waals surface area contributed by atoms with E-state index < -0.39 is 10.8 Å². The second-order valence-electron chi connectivity index (χ2n) is 2.16. The van der Waals surface area contributed by atoms with Crippen molar-refractivity contribution in [3.63, 3.8) is 0 Å². The van der Waals surface area contributed by atoms with Crippen LogP contribution in [0.2, 0.25) is 0 Å². The molecule has 0 aromatic carbocycles. The van der Waals surface area contributed by atoms with E-state index >= 15 is 0 Å². The van der Waals surface area contributed by atoms with E-state index in [1.807, 2.05) is 24.4 Å². The highest BCUT2D eigenvalue weighted by molar-refractivity contribution is 7.89. The molecule has 1 atom stereocenters. The summed E-state index contributed by atoms with van der Waals surface area (Å²) >= 11 is 0. The van der Waals surface area contributed by atoms with Crippen LogP contribution in [-0.4, -0.2) is 9.96 Å². The van der Waals surface area contributed by atoms with Crippen molar-refractivity contribution in [1.29, 1.82) is 0 Å². The number of hydrogen-bond donors (Lipinski definition) is 1. The first-order valence-corrected chi connectivity index (χ1v) is 4.42. The average molecular weight is 153 g/mol. The molecule has 1 unspecified atom stereocenters. The Balaban J connectivity index is 2.46. The molecule has 0 amide bonds. The third-order valence-electron chi connectivity index (χ3n) is 1.53. The number of hydrogen-bond acceptors (Lipinski definition) is 2. The second-order valence-corrected chi connectivity index (χ2v) is 3.63. The fourth-order valence-corrected chi connectivity index (χ4v) is 2.16. The Morgan fingerprint density at radius 1 is 1.60 bits per heavy atom. The summed E-state index contributed by atoms with van der Waals surface area (Å²) in [6.45, 7) is 0. The second kappa shape index (κ2) is 2.09. The van der Waals surface area contributed by atoms with Crippen LogP contribution in [0.5, 0.6) is 0 Å². The number of rotatable bonds is 0. The Bertz CT molecular complexity index is 275. The maximum absolute atomic E-state index is 11.1. The minimum atomic E-state index is -0.785. The molecule has 10 heavy (non-hydrogen) atoms. The molecule has 0 spiro atoms. The highest BCUT2D eigenvalue weighted by Gasteiger charge is 2.18. The van der Waals surface area contributed by atoms with E-state index in [0.717, 1.165) is 10.6 Å². The molecule has 0 aliphatic carbocycles. The van der Waals surface area contributed by atoms with Gasteiger partial charge >= 0.3 is 0 Å². The average Bonchev–Trinajstić information content (AvgIpc) is 2.34. The van der Waals surface area contributed by atoms with E-state index in [1.54, 1.807) is 0 Å². The summed E-state index contributed by atoms with van der Waals surface area (Å²) < 4.78 is 11.1. The molecule has 2 rings (SSSR count). The predicted octanol–water partition coefficient (Wildman–Crippen LogP) is 0.633. The van der Waals surface area contributed by atoms with Crippen molar-refractivity contribution in [3.05, 3.63) is 35.0 Å². The monoisotopic (exact) mass is 153 g/mol. The standard InChI is InChI=1S/C7H7NOS/c9-10-5-3-6-7(10)2-1-4-8-6/h1-4,8H,5H2. The van der Waals surface area contributed by atoms with E-state index in [2.05, 4.69) is 5.32 Å². The van der Waals surface area contributed by atoms with Crippen molar-refractivity contribution in [2.45, 2.75) is 0 Å². The van der Waals surface area contributed by atoms with Gasteiger partial charge in [-0.05, 0) is 18.2 Å². The molecule has 2 aliphatic heterocycles. The van der Waals surface area contributed by atoms with Crippen LogP contribution < -0.4 is 5.32 Å². The van der Waals surface area contributed by atoms with Gasteiger partial charge in [0, 0.05) is 12.0 Å². The lowest BCUT2D eigenvalue weighted by Crippen LogP contribution is -2.08. The smallest absolute Gasteiger partial charge is 0.0623 e. The summed E-state index contributed by atoms with van der Waals surface area (Å²) in [5, 5.41) is 3.03.